The fraction of sp³-hybridized carbons (Fsp3) is 0.250. The second-order valence-corrected chi connectivity index (χ2v) is 12.5. The molecule has 6 rings (SSSR count). The van der Waals surface area contributed by atoms with E-state index in [9.17, 15) is 12.6 Å². The van der Waals surface area contributed by atoms with Crippen molar-refractivity contribution in [3.8, 4) is 11.5 Å². The predicted molar refractivity (Wildman–Crippen MR) is 117 cm³/mol. The summed E-state index contributed by atoms with van der Waals surface area (Å²) in [6.45, 7) is 1.94. The van der Waals surface area contributed by atoms with Crippen LogP contribution in [-0.2, 0) is 20.6 Å². The molecule has 2 bridgehead atoms. The predicted octanol–water partition coefficient (Wildman–Crippen LogP) is 5.04. The smallest absolute Gasteiger partial charge is 0.184 e. The first-order chi connectivity index (χ1) is 14.4. The van der Waals surface area contributed by atoms with Crippen molar-refractivity contribution in [2.75, 3.05) is 0 Å². The molecule has 3 aromatic carbocycles. The summed E-state index contributed by atoms with van der Waals surface area (Å²) < 4.78 is 44.6. The van der Waals surface area contributed by atoms with E-state index < -0.39 is 30.1 Å². The molecule has 0 aliphatic heterocycles. The van der Waals surface area contributed by atoms with Crippen LogP contribution >= 0.6 is 0 Å². The first-order valence-electron chi connectivity index (χ1n) is 9.91. The van der Waals surface area contributed by atoms with E-state index in [0.717, 1.165) is 5.56 Å². The van der Waals surface area contributed by atoms with Crippen LogP contribution in [0.15, 0.2) is 88.7 Å². The Kier molecular flexibility index (Phi) is 4.42. The van der Waals surface area contributed by atoms with E-state index in [1.54, 1.807) is 12.1 Å². The average Bonchev–Trinajstić information content (AvgIpc) is 2.67. The van der Waals surface area contributed by atoms with Crippen LogP contribution in [0.4, 0.5) is 0 Å². The van der Waals surface area contributed by atoms with Gasteiger partial charge in [-0.25, -0.2) is 8.42 Å². The Labute approximate surface area is 179 Å². The van der Waals surface area contributed by atoms with Gasteiger partial charge in [0, 0.05) is 0 Å². The summed E-state index contributed by atoms with van der Waals surface area (Å²) in [5.41, 5.74) is 1.03. The van der Waals surface area contributed by atoms with Crippen molar-refractivity contribution in [1.82, 2.24) is 0 Å². The standard InChI is InChI=1S/C24H22O4S2/c1-18-11-13-20(14-12-18)30(26,27)24-15-23(16-24,17-24)29(25)22-10-6-5-9-21(22)28-19-7-3-2-4-8-19/h2-14H,15-17H2,1H3. The average molecular weight is 439 g/mol. The summed E-state index contributed by atoms with van der Waals surface area (Å²) >= 11 is 0. The molecule has 0 saturated heterocycles. The van der Waals surface area contributed by atoms with Gasteiger partial charge in [-0.15, -0.1) is 0 Å². The molecule has 0 heterocycles. The molecule has 3 fully saturated rings. The van der Waals surface area contributed by atoms with Gasteiger partial charge < -0.3 is 4.74 Å². The zero-order chi connectivity index (χ0) is 21.0. The van der Waals surface area contributed by atoms with E-state index in [1.165, 1.54) is 0 Å². The van der Waals surface area contributed by atoms with Gasteiger partial charge in [-0.05, 0) is 62.6 Å². The van der Waals surface area contributed by atoms with Crippen molar-refractivity contribution < 1.29 is 17.4 Å². The maximum Gasteiger partial charge on any atom is 0.184 e. The minimum atomic E-state index is -3.43. The van der Waals surface area contributed by atoms with E-state index >= 15 is 0 Å². The Morgan fingerprint density at radius 2 is 1.43 bits per heavy atom. The molecule has 3 saturated carbocycles. The SMILES string of the molecule is Cc1ccc(S(=O)(=O)C23CC(S(=O)c4ccccc4Oc4ccccc4)(C2)C3)cc1. The monoisotopic (exact) mass is 438 g/mol. The van der Waals surface area contributed by atoms with Gasteiger partial charge in [0.1, 0.15) is 11.5 Å². The summed E-state index contributed by atoms with van der Waals surface area (Å²) in [6, 6.07) is 23.7. The highest BCUT2D eigenvalue weighted by molar-refractivity contribution is 7.94. The lowest BCUT2D eigenvalue weighted by molar-refractivity contribution is 0.0815. The highest BCUT2D eigenvalue weighted by Gasteiger charge is 2.77. The molecule has 0 spiro atoms. The molecular weight excluding hydrogens is 416 g/mol. The number of ether oxygens (including phenoxy) is 1. The van der Waals surface area contributed by atoms with Gasteiger partial charge in [0.2, 0.25) is 0 Å². The summed E-state index contributed by atoms with van der Waals surface area (Å²) in [5.74, 6) is 1.24. The number of hydrogen-bond acceptors (Lipinski definition) is 4. The number of benzene rings is 3. The fourth-order valence-electron chi connectivity index (χ4n) is 4.59. The molecule has 3 aliphatic carbocycles. The van der Waals surface area contributed by atoms with Crippen molar-refractivity contribution in [2.45, 2.75) is 45.5 Å². The lowest BCUT2D eigenvalue weighted by Gasteiger charge is -2.68. The van der Waals surface area contributed by atoms with Crippen molar-refractivity contribution in [1.29, 1.82) is 0 Å². The Morgan fingerprint density at radius 1 is 0.833 bits per heavy atom. The lowest BCUT2D eigenvalue weighted by Crippen LogP contribution is -2.76. The van der Waals surface area contributed by atoms with Crippen molar-refractivity contribution in [3.05, 3.63) is 84.4 Å². The normalized spacial score (nSPS) is 25.6. The van der Waals surface area contributed by atoms with Crippen LogP contribution in [0.2, 0.25) is 0 Å². The molecule has 4 nitrogen and oxygen atoms in total. The largest absolute Gasteiger partial charge is 0.456 e. The zero-order valence-electron chi connectivity index (χ0n) is 16.6. The molecule has 0 amide bonds. The highest BCUT2D eigenvalue weighted by atomic mass is 32.2. The van der Waals surface area contributed by atoms with Gasteiger partial charge in [-0.3, -0.25) is 4.21 Å². The minimum absolute atomic E-state index is 0.361. The Bertz CT molecular complexity index is 1210. The molecule has 3 aromatic rings. The molecule has 30 heavy (non-hydrogen) atoms. The van der Waals surface area contributed by atoms with E-state index in [-0.39, 0.29) is 0 Å². The molecule has 0 radical (unpaired) electrons. The topological polar surface area (TPSA) is 60.4 Å². The van der Waals surface area contributed by atoms with Crippen molar-refractivity contribution in [2.24, 2.45) is 0 Å². The first kappa shape index (κ1) is 19.5. The van der Waals surface area contributed by atoms with Crippen LogP contribution in [0.3, 0.4) is 0 Å². The van der Waals surface area contributed by atoms with E-state index in [1.807, 2.05) is 73.7 Å². The third-order valence-electron chi connectivity index (χ3n) is 6.25. The second kappa shape index (κ2) is 6.79. The van der Waals surface area contributed by atoms with Crippen molar-refractivity contribution >= 4 is 20.6 Å². The summed E-state index contributed by atoms with van der Waals surface area (Å²) in [5, 5.41) is 0. The Hall–Kier alpha value is -2.44. The van der Waals surface area contributed by atoms with Gasteiger partial charge in [0.25, 0.3) is 0 Å². The maximum atomic E-state index is 13.5. The minimum Gasteiger partial charge on any atom is -0.456 e. The van der Waals surface area contributed by atoms with Gasteiger partial charge >= 0.3 is 0 Å². The van der Waals surface area contributed by atoms with Crippen LogP contribution in [-0.4, -0.2) is 22.1 Å². The number of rotatable bonds is 6. The van der Waals surface area contributed by atoms with E-state index in [0.29, 0.717) is 40.6 Å². The third-order valence-corrected chi connectivity index (χ3v) is 10.7. The lowest BCUT2D eigenvalue weighted by atomic mass is 9.54. The first-order valence-corrected chi connectivity index (χ1v) is 12.5. The number of hydrogen-bond donors (Lipinski definition) is 0. The van der Waals surface area contributed by atoms with Crippen LogP contribution in [0.25, 0.3) is 0 Å². The zero-order valence-corrected chi connectivity index (χ0v) is 18.2. The van der Waals surface area contributed by atoms with E-state index in [4.69, 9.17) is 4.74 Å². The van der Waals surface area contributed by atoms with Gasteiger partial charge in [-0.1, -0.05) is 48.0 Å². The number of aryl methyl sites for hydroxylation is 1. The Morgan fingerprint density at radius 3 is 2.10 bits per heavy atom. The quantitative estimate of drug-likeness (QED) is 0.541. The van der Waals surface area contributed by atoms with Crippen LogP contribution < -0.4 is 4.74 Å². The molecule has 154 valence electrons. The molecule has 1 atom stereocenters. The van der Waals surface area contributed by atoms with Gasteiger partial charge in [0.05, 0.1) is 30.1 Å². The van der Waals surface area contributed by atoms with Crippen LogP contribution in [0.5, 0.6) is 11.5 Å². The van der Waals surface area contributed by atoms with Crippen molar-refractivity contribution in [3.63, 3.8) is 0 Å². The molecular formula is C24H22O4S2. The van der Waals surface area contributed by atoms with Crippen LogP contribution in [0, 0.1) is 6.92 Å². The molecule has 6 heteroatoms. The highest BCUT2D eigenvalue weighted by Crippen LogP contribution is 2.69. The molecule has 0 aromatic heterocycles. The number of sulfone groups is 1. The van der Waals surface area contributed by atoms with Gasteiger partial charge in [0.15, 0.2) is 9.84 Å². The summed E-state index contributed by atoms with van der Waals surface area (Å²) in [4.78, 5) is 0.988. The Balaban J connectivity index is 1.38. The summed E-state index contributed by atoms with van der Waals surface area (Å²) in [7, 11) is -4.77. The summed E-state index contributed by atoms with van der Waals surface area (Å²) in [6.07, 6.45) is 1.30. The second-order valence-electron chi connectivity index (χ2n) is 8.34. The molecule has 3 aliphatic rings. The molecule has 0 N–H and O–H groups in total. The molecule has 1 unspecified atom stereocenters. The van der Waals surface area contributed by atoms with Crippen LogP contribution in [0.1, 0.15) is 24.8 Å². The third kappa shape index (κ3) is 2.85. The maximum absolute atomic E-state index is 13.5. The number of para-hydroxylation sites is 2. The van der Waals surface area contributed by atoms with E-state index in [2.05, 4.69) is 0 Å². The van der Waals surface area contributed by atoms with Gasteiger partial charge in [-0.2, -0.15) is 0 Å². The fourth-order valence-corrected chi connectivity index (χ4v) is 9.44.